The molecule has 1 aliphatic rings. The largest absolute Gasteiger partial charge is 0.497 e. The van der Waals surface area contributed by atoms with Gasteiger partial charge in [0.25, 0.3) is 0 Å². The van der Waals surface area contributed by atoms with Crippen LogP contribution in [0.2, 0.25) is 0 Å². The number of anilines is 1. The summed E-state index contributed by atoms with van der Waals surface area (Å²) in [5.41, 5.74) is 9.38. The van der Waals surface area contributed by atoms with Gasteiger partial charge in [-0.05, 0) is 105 Å². The average Bonchev–Trinajstić information content (AvgIpc) is 3.36. The second-order valence-electron chi connectivity index (χ2n) is 9.08. The lowest BCUT2D eigenvalue weighted by Gasteiger charge is -2.28. The first-order valence-corrected chi connectivity index (χ1v) is 12.2. The van der Waals surface area contributed by atoms with Gasteiger partial charge in [-0.1, -0.05) is 18.2 Å². The molecule has 2 aromatic carbocycles. The minimum Gasteiger partial charge on any atom is -0.497 e. The molecule has 178 valence electrons. The van der Waals surface area contributed by atoms with Gasteiger partial charge in [0.2, 0.25) is 0 Å². The van der Waals surface area contributed by atoms with Crippen LogP contribution < -0.4 is 15.0 Å². The van der Waals surface area contributed by atoms with E-state index in [1.807, 2.05) is 30.5 Å². The van der Waals surface area contributed by atoms with Gasteiger partial charge in [-0.25, -0.2) is 0 Å². The predicted molar refractivity (Wildman–Crippen MR) is 146 cm³/mol. The van der Waals surface area contributed by atoms with Crippen molar-refractivity contribution in [3.8, 4) is 11.4 Å². The van der Waals surface area contributed by atoms with Crippen molar-refractivity contribution in [2.45, 2.75) is 39.8 Å². The van der Waals surface area contributed by atoms with Crippen molar-refractivity contribution in [3.63, 3.8) is 0 Å². The molecule has 35 heavy (non-hydrogen) atoms. The van der Waals surface area contributed by atoms with E-state index >= 15 is 0 Å². The lowest BCUT2D eigenvalue weighted by atomic mass is 9.96. The Hall–Kier alpha value is -3.64. The summed E-state index contributed by atoms with van der Waals surface area (Å²) < 4.78 is 7.75. The third kappa shape index (κ3) is 3.98. The van der Waals surface area contributed by atoms with E-state index in [0.29, 0.717) is 5.11 Å². The van der Waals surface area contributed by atoms with Crippen LogP contribution in [0.3, 0.4) is 0 Å². The molecule has 1 aliphatic heterocycles. The molecule has 5 nitrogen and oxygen atoms in total. The number of hydrogen-bond acceptors (Lipinski definition) is 3. The molecule has 3 heterocycles. The zero-order valence-corrected chi connectivity index (χ0v) is 21.6. The molecule has 1 N–H and O–H groups in total. The minimum absolute atomic E-state index is 0.0594. The minimum atomic E-state index is -0.0849. The van der Waals surface area contributed by atoms with Crippen molar-refractivity contribution in [1.82, 2.24) is 14.9 Å². The first kappa shape index (κ1) is 23.1. The van der Waals surface area contributed by atoms with Gasteiger partial charge in [-0.15, -0.1) is 0 Å². The number of ether oxygens (including phenoxy) is 1. The summed E-state index contributed by atoms with van der Waals surface area (Å²) in [5, 5.41) is 4.25. The van der Waals surface area contributed by atoms with Gasteiger partial charge in [0.1, 0.15) is 5.75 Å². The molecule has 0 aliphatic carbocycles. The lowest BCUT2D eigenvalue weighted by molar-refractivity contribution is 0.415. The Bertz CT molecular complexity index is 1380. The summed E-state index contributed by atoms with van der Waals surface area (Å²) in [6.45, 7) is 8.73. The summed E-state index contributed by atoms with van der Waals surface area (Å²) in [6.07, 6.45) is 1.84. The fourth-order valence-electron chi connectivity index (χ4n) is 5.13. The van der Waals surface area contributed by atoms with Crippen molar-refractivity contribution in [3.05, 3.63) is 107 Å². The number of pyridine rings is 1. The van der Waals surface area contributed by atoms with E-state index in [0.717, 1.165) is 17.1 Å². The molecule has 0 saturated carbocycles. The predicted octanol–water partition coefficient (Wildman–Crippen LogP) is 6.29. The summed E-state index contributed by atoms with van der Waals surface area (Å²) >= 11 is 5.90. The van der Waals surface area contributed by atoms with E-state index < -0.39 is 0 Å². The van der Waals surface area contributed by atoms with Crippen molar-refractivity contribution in [2.24, 2.45) is 0 Å². The van der Waals surface area contributed by atoms with Gasteiger partial charge in [-0.2, -0.15) is 0 Å². The number of aromatic nitrogens is 2. The van der Waals surface area contributed by atoms with Crippen LogP contribution in [0, 0.1) is 27.7 Å². The molecule has 1 fully saturated rings. The number of hydrogen-bond donors (Lipinski definition) is 1. The number of thiocarbonyl (C=S) groups is 1. The van der Waals surface area contributed by atoms with E-state index in [1.54, 1.807) is 7.11 Å². The van der Waals surface area contributed by atoms with E-state index in [2.05, 4.69) is 84.9 Å². The molecule has 6 heteroatoms. The molecule has 4 aromatic rings. The number of nitrogens with zero attached hydrogens (tertiary/aromatic N) is 3. The van der Waals surface area contributed by atoms with Gasteiger partial charge < -0.3 is 19.5 Å². The quantitative estimate of drug-likeness (QED) is 0.339. The molecule has 0 amide bonds. The molecule has 0 spiro atoms. The van der Waals surface area contributed by atoms with Crippen LogP contribution in [-0.2, 0) is 0 Å². The molecule has 0 bridgehead atoms. The van der Waals surface area contributed by atoms with E-state index in [1.165, 1.54) is 33.8 Å². The van der Waals surface area contributed by atoms with Gasteiger partial charge in [0.05, 0.1) is 24.9 Å². The topological polar surface area (TPSA) is 42.3 Å². The Balaban J connectivity index is 1.68. The summed E-state index contributed by atoms with van der Waals surface area (Å²) in [7, 11) is 1.68. The van der Waals surface area contributed by atoms with Gasteiger partial charge in [0.15, 0.2) is 5.11 Å². The van der Waals surface area contributed by atoms with E-state index in [4.69, 9.17) is 21.9 Å². The molecule has 5 rings (SSSR count). The maximum absolute atomic E-state index is 5.90. The smallest absolute Gasteiger partial charge is 0.174 e. The maximum Gasteiger partial charge on any atom is 0.174 e. The molecular formula is C29H30N4OS. The summed E-state index contributed by atoms with van der Waals surface area (Å²) in [6, 6.07) is 22.7. The molecule has 2 aromatic heterocycles. The zero-order valence-electron chi connectivity index (χ0n) is 20.7. The molecular weight excluding hydrogens is 452 g/mol. The molecule has 1 saturated heterocycles. The third-order valence-corrected chi connectivity index (χ3v) is 7.37. The van der Waals surface area contributed by atoms with Crippen molar-refractivity contribution in [2.75, 3.05) is 12.0 Å². The normalized spacial score (nSPS) is 17.5. The van der Waals surface area contributed by atoms with Crippen LogP contribution in [0.1, 0.15) is 45.9 Å². The van der Waals surface area contributed by atoms with Crippen molar-refractivity contribution < 1.29 is 4.74 Å². The zero-order chi connectivity index (χ0) is 24.7. The Morgan fingerprint density at radius 2 is 1.71 bits per heavy atom. The average molecular weight is 483 g/mol. The first-order chi connectivity index (χ1) is 16.9. The second-order valence-corrected chi connectivity index (χ2v) is 9.46. The van der Waals surface area contributed by atoms with E-state index in [9.17, 15) is 0 Å². The Morgan fingerprint density at radius 1 is 0.943 bits per heavy atom. The van der Waals surface area contributed by atoms with Crippen LogP contribution in [0.4, 0.5) is 5.69 Å². The van der Waals surface area contributed by atoms with Gasteiger partial charge >= 0.3 is 0 Å². The fraction of sp³-hybridized carbons (Fsp3) is 0.241. The van der Waals surface area contributed by atoms with Crippen LogP contribution in [0.15, 0.2) is 72.9 Å². The Labute approximate surface area is 212 Å². The standard InChI is InChI=1S/C29H30N4OS/c1-18-9-8-11-26(20(18)3)32-19(2)17-24(21(32)4)28-27(25-10-6-7-16-30-25)31-29(35)33(28)22-12-14-23(34-5)15-13-22/h6-17,27-28H,1-5H3,(H,31,35)/t27-,28-/m0/s1. The first-order valence-electron chi connectivity index (χ1n) is 11.8. The van der Waals surface area contributed by atoms with Gasteiger partial charge in [0, 0.05) is 29.0 Å². The van der Waals surface area contributed by atoms with E-state index in [-0.39, 0.29) is 12.1 Å². The highest BCUT2D eigenvalue weighted by atomic mass is 32.1. The Morgan fingerprint density at radius 3 is 2.40 bits per heavy atom. The monoisotopic (exact) mass is 482 g/mol. The number of methoxy groups -OCH3 is 1. The van der Waals surface area contributed by atoms with Crippen LogP contribution in [0.25, 0.3) is 5.69 Å². The molecule has 0 unspecified atom stereocenters. The summed E-state index contributed by atoms with van der Waals surface area (Å²) in [5.74, 6) is 0.817. The molecule has 2 atom stereocenters. The van der Waals surface area contributed by atoms with Crippen molar-refractivity contribution >= 4 is 23.0 Å². The lowest BCUT2D eigenvalue weighted by Crippen LogP contribution is -2.29. The SMILES string of the molecule is COc1ccc(N2C(=S)N[C@@H](c3ccccn3)[C@@H]2c2cc(C)n(-c3cccc(C)c3C)c2C)cc1. The highest BCUT2D eigenvalue weighted by molar-refractivity contribution is 7.80. The Kier molecular flexibility index (Phi) is 6.07. The third-order valence-electron chi connectivity index (χ3n) is 7.05. The summed E-state index contributed by atoms with van der Waals surface area (Å²) in [4.78, 5) is 6.91. The molecule has 0 radical (unpaired) electrons. The fourth-order valence-corrected chi connectivity index (χ4v) is 5.47. The van der Waals surface area contributed by atoms with Crippen LogP contribution >= 0.6 is 12.2 Å². The van der Waals surface area contributed by atoms with Crippen LogP contribution in [0.5, 0.6) is 5.75 Å². The number of nitrogens with one attached hydrogen (secondary N) is 1. The number of rotatable bonds is 5. The van der Waals surface area contributed by atoms with Crippen LogP contribution in [-0.4, -0.2) is 21.8 Å². The number of benzene rings is 2. The highest BCUT2D eigenvalue weighted by Gasteiger charge is 2.42. The second kappa shape index (κ2) is 9.19. The van der Waals surface area contributed by atoms with Gasteiger partial charge in [-0.3, -0.25) is 4.98 Å². The number of aryl methyl sites for hydroxylation is 2. The van der Waals surface area contributed by atoms with Crippen molar-refractivity contribution in [1.29, 1.82) is 0 Å². The maximum atomic E-state index is 5.90. The highest BCUT2D eigenvalue weighted by Crippen LogP contribution is 2.44.